The van der Waals surface area contributed by atoms with Gasteiger partial charge in [0.1, 0.15) is 0 Å². The van der Waals surface area contributed by atoms with E-state index >= 15 is 0 Å². The molecule has 0 aliphatic carbocycles. The van der Waals surface area contributed by atoms with Crippen LogP contribution in [0.15, 0.2) is 0 Å². The number of rotatable bonds is 1. The Morgan fingerprint density at radius 3 is 2.12 bits per heavy atom. The molecule has 2 heteroatoms. The Morgan fingerprint density at radius 2 is 1.56 bits per heavy atom. The molecule has 6 unspecified atom stereocenters. The SMILES string of the molecule is CC1NC(CC(C)(C)C)C2C(C)OC(C)C12. The average molecular weight is 225 g/mol. The molecule has 0 radical (unpaired) electrons. The summed E-state index contributed by atoms with van der Waals surface area (Å²) in [6.07, 6.45) is 2.09. The highest BCUT2D eigenvalue weighted by atomic mass is 16.5. The molecule has 16 heavy (non-hydrogen) atoms. The van der Waals surface area contributed by atoms with Gasteiger partial charge in [0.2, 0.25) is 0 Å². The molecule has 2 heterocycles. The molecule has 2 nitrogen and oxygen atoms in total. The summed E-state index contributed by atoms with van der Waals surface area (Å²) in [4.78, 5) is 0. The summed E-state index contributed by atoms with van der Waals surface area (Å²) in [5, 5.41) is 3.79. The smallest absolute Gasteiger partial charge is 0.0598 e. The predicted molar refractivity (Wildman–Crippen MR) is 67.4 cm³/mol. The van der Waals surface area contributed by atoms with Crippen LogP contribution in [-0.4, -0.2) is 24.3 Å². The van der Waals surface area contributed by atoms with Crippen molar-refractivity contribution < 1.29 is 4.74 Å². The predicted octanol–water partition coefficient (Wildman–Crippen LogP) is 2.82. The molecule has 0 bridgehead atoms. The molecule has 2 saturated heterocycles. The van der Waals surface area contributed by atoms with Gasteiger partial charge in [-0.1, -0.05) is 20.8 Å². The fourth-order valence-corrected chi connectivity index (χ4v) is 3.90. The third-order valence-corrected chi connectivity index (χ3v) is 4.31. The third kappa shape index (κ3) is 2.14. The van der Waals surface area contributed by atoms with Crippen LogP contribution in [0.1, 0.15) is 48.0 Å². The zero-order valence-corrected chi connectivity index (χ0v) is 11.6. The van der Waals surface area contributed by atoms with Crippen LogP contribution >= 0.6 is 0 Å². The van der Waals surface area contributed by atoms with E-state index in [2.05, 4.69) is 46.9 Å². The molecular weight excluding hydrogens is 198 g/mol. The van der Waals surface area contributed by atoms with Gasteiger partial charge in [-0.25, -0.2) is 0 Å². The molecule has 1 N–H and O–H groups in total. The van der Waals surface area contributed by atoms with Crippen LogP contribution in [-0.2, 0) is 4.74 Å². The van der Waals surface area contributed by atoms with Gasteiger partial charge in [-0.15, -0.1) is 0 Å². The van der Waals surface area contributed by atoms with E-state index in [1.807, 2.05) is 0 Å². The maximum absolute atomic E-state index is 6.00. The summed E-state index contributed by atoms with van der Waals surface area (Å²) in [6.45, 7) is 13.8. The van der Waals surface area contributed by atoms with Gasteiger partial charge >= 0.3 is 0 Å². The van der Waals surface area contributed by atoms with Crippen LogP contribution in [0.3, 0.4) is 0 Å². The lowest BCUT2D eigenvalue weighted by molar-refractivity contribution is 0.0362. The van der Waals surface area contributed by atoms with Crippen molar-refractivity contribution in [3.63, 3.8) is 0 Å². The Hall–Kier alpha value is -0.0800. The van der Waals surface area contributed by atoms with Crippen molar-refractivity contribution >= 4 is 0 Å². The molecule has 0 saturated carbocycles. The standard InChI is InChI=1S/C14H27NO/c1-8-12-9(2)16-10(3)13(12)11(15-8)7-14(4,5)6/h8-13,15H,7H2,1-6H3. The van der Waals surface area contributed by atoms with Crippen molar-refractivity contribution in [1.82, 2.24) is 5.32 Å². The summed E-state index contributed by atoms with van der Waals surface area (Å²) < 4.78 is 6.00. The largest absolute Gasteiger partial charge is 0.375 e. The van der Waals surface area contributed by atoms with E-state index in [0.717, 1.165) is 0 Å². The first kappa shape index (κ1) is 12.4. The Morgan fingerprint density at radius 1 is 1.00 bits per heavy atom. The Labute approximate surface area is 100 Å². The van der Waals surface area contributed by atoms with Crippen LogP contribution in [0.25, 0.3) is 0 Å². The van der Waals surface area contributed by atoms with Crippen LogP contribution < -0.4 is 5.32 Å². The van der Waals surface area contributed by atoms with Crippen molar-refractivity contribution in [2.24, 2.45) is 17.3 Å². The molecule has 0 amide bonds. The third-order valence-electron chi connectivity index (χ3n) is 4.31. The topological polar surface area (TPSA) is 21.3 Å². The van der Waals surface area contributed by atoms with E-state index in [1.165, 1.54) is 6.42 Å². The molecule has 2 fully saturated rings. The Kier molecular flexibility index (Phi) is 3.09. The minimum atomic E-state index is 0.401. The van der Waals surface area contributed by atoms with Crippen LogP contribution in [0.4, 0.5) is 0 Å². The first-order chi connectivity index (χ1) is 7.29. The fourth-order valence-electron chi connectivity index (χ4n) is 3.90. The summed E-state index contributed by atoms with van der Waals surface area (Å²) >= 11 is 0. The minimum Gasteiger partial charge on any atom is -0.375 e. The van der Waals surface area contributed by atoms with Crippen LogP contribution in [0, 0.1) is 17.3 Å². The second kappa shape index (κ2) is 3.99. The van der Waals surface area contributed by atoms with Crippen molar-refractivity contribution in [3.8, 4) is 0 Å². The number of nitrogens with one attached hydrogen (secondary N) is 1. The number of ether oxygens (including phenoxy) is 1. The molecule has 0 aromatic heterocycles. The van der Waals surface area contributed by atoms with Gasteiger partial charge in [0.05, 0.1) is 12.2 Å². The highest BCUT2D eigenvalue weighted by Crippen LogP contribution is 2.44. The van der Waals surface area contributed by atoms with Gasteiger partial charge in [0.25, 0.3) is 0 Å². The zero-order chi connectivity index (χ0) is 12.1. The van der Waals surface area contributed by atoms with Gasteiger partial charge in [-0.3, -0.25) is 0 Å². The highest BCUT2D eigenvalue weighted by molar-refractivity contribution is 5.04. The Bertz CT molecular complexity index is 258. The molecule has 2 rings (SSSR count). The first-order valence-corrected chi connectivity index (χ1v) is 6.71. The summed E-state index contributed by atoms with van der Waals surface area (Å²) in [7, 11) is 0. The zero-order valence-electron chi connectivity index (χ0n) is 11.6. The maximum atomic E-state index is 6.00. The number of fused-ring (bicyclic) bond motifs is 1. The summed E-state index contributed by atoms with van der Waals surface area (Å²) in [5.74, 6) is 1.42. The fraction of sp³-hybridized carbons (Fsp3) is 1.00. The molecule has 0 aromatic rings. The molecule has 2 aliphatic rings. The van der Waals surface area contributed by atoms with Gasteiger partial charge in [-0.05, 0) is 32.6 Å². The Balaban J connectivity index is 2.12. The lowest BCUT2D eigenvalue weighted by atomic mass is 9.78. The highest BCUT2D eigenvalue weighted by Gasteiger charge is 2.51. The van der Waals surface area contributed by atoms with Crippen molar-refractivity contribution in [2.75, 3.05) is 0 Å². The van der Waals surface area contributed by atoms with E-state index in [0.29, 0.717) is 41.5 Å². The number of hydrogen-bond donors (Lipinski definition) is 1. The maximum Gasteiger partial charge on any atom is 0.0598 e. The second-order valence-electron chi connectivity index (χ2n) is 7.03. The van der Waals surface area contributed by atoms with Crippen molar-refractivity contribution in [3.05, 3.63) is 0 Å². The van der Waals surface area contributed by atoms with E-state index in [1.54, 1.807) is 0 Å². The van der Waals surface area contributed by atoms with Crippen LogP contribution in [0.5, 0.6) is 0 Å². The normalized spacial score (nSPS) is 48.4. The molecule has 94 valence electrons. The molecular formula is C14H27NO. The second-order valence-corrected chi connectivity index (χ2v) is 7.03. The van der Waals surface area contributed by atoms with Gasteiger partial charge in [0, 0.05) is 23.9 Å². The van der Waals surface area contributed by atoms with E-state index in [9.17, 15) is 0 Å². The van der Waals surface area contributed by atoms with E-state index in [-0.39, 0.29) is 0 Å². The van der Waals surface area contributed by atoms with Gasteiger partial charge < -0.3 is 10.1 Å². The lowest BCUT2D eigenvalue weighted by Gasteiger charge is -2.28. The van der Waals surface area contributed by atoms with Crippen molar-refractivity contribution in [2.45, 2.75) is 72.3 Å². The first-order valence-electron chi connectivity index (χ1n) is 6.71. The van der Waals surface area contributed by atoms with Gasteiger partial charge in [-0.2, -0.15) is 0 Å². The monoisotopic (exact) mass is 225 g/mol. The summed E-state index contributed by atoms with van der Waals surface area (Å²) in [6, 6.07) is 1.25. The summed E-state index contributed by atoms with van der Waals surface area (Å²) in [5.41, 5.74) is 0.401. The van der Waals surface area contributed by atoms with Crippen molar-refractivity contribution in [1.29, 1.82) is 0 Å². The minimum absolute atomic E-state index is 0.401. The lowest BCUT2D eigenvalue weighted by Crippen LogP contribution is -2.37. The molecule has 2 aliphatic heterocycles. The van der Waals surface area contributed by atoms with Crippen LogP contribution in [0.2, 0.25) is 0 Å². The quantitative estimate of drug-likeness (QED) is 0.741. The molecule has 6 atom stereocenters. The number of hydrogen-bond acceptors (Lipinski definition) is 2. The van der Waals surface area contributed by atoms with E-state index < -0.39 is 0 Å². The molecule has 0 aromatic carbocycles. The van der Waals surface area contributed by atoms with Gasteiger partial charge in [0.15, 0.2) is 0 Å². The average Bonchev–Trinajstić information content (AvgIpc) is 2.52. The van der Waals surface area contributed by atoms with E-state index in [4.69, 9.17) is 4.74 Å². The molecule has 0 spiro atoms.